The fraction of sp³-hybridized carbons (Fsp3) is 0.500. The average molecular weight is 360 g/mol. The quantitative estimate of drug-likeness (QED) is 0.635. The number of esters is 1. The number of ether oxygens (including phenoxy) is 1. The van der Waals surface area contributed by atoms with Crippen molar-refractivity contribution in [3.63, 3.8) is 0 Å². The number of halogens is 1. The molecule has 0 aliphatic carbocycles. The van der Waals surface area contributed by atoms with Gasteiger partial charge in [-0.15, -0.1) is 0 Å². The van der Waals surface area contributed by atoms with E-state index < -0.39 is 12.0 Å². The van der Waals surface area contributed by atoms with E-state index in [0.29, 0.717) is 18.2 Å². The first-order valence-electron chi connectivity index (χ1n) is 7.43. The lowest BCUT2D eigenvalue weighted by Gasteiger charge is -2.18. The highest BCUT2D eigenvalue weighted by Gasteiger charge is 2.16. The molecule has 0 unspecified atom stereocenters. The van der Waals surface area contributed by atoms with Crippen LogP contribution in [0.1, 0.15) is 12.5 Å². The fourth-order valence-electron chi connectivity index (χ4n) is 1.54. The summed E-state index contributed by atoms with van der Waals surface area (Å²) in [5.41, 5.74) is 6.35. The molecular formula is C16H26ClN3O4. The van der Waals surface area contributed by atoms with Crippen LogP contribution in [0.4, 0.5) is 5.69 Å². The van der Waals surface area contributed by atoms with Crippen LogP contribution in [0.15, 0.2) is 18.2 Å². The Kier molecular flexibility index (Phi) is 10.8. The molecule has 0 saturated carbocycles. The molecule has 0 spiro atoms. The Labute approximate surface area is 147 Å². The summed E-state index contributed by atoms with van der Waals surface area (Å²) in [4.78, 5) is 23.0. The van der Waals surface area contributed by atoms with Gasteiger partial charge in [0.2, 0.25) is 0 Å². The number of nitrogens with zero attached hydrogens (tertiary/aromatic N) is 1. The lowest BCUT2D eigenvalue weighted by molar-refractivity contribution is -0.144. The van der Waals surface area contributed by atoms with Gasteiger partial charge in [0.1, 0.15) is 12.6 Å². The van der Waals surface area contributed by atoms with Crippen LogP contribution >= 0.6 is 11.6 Å². The third-order valence-corrected chi connectivity index (χ3v) is 3.21. The molecule has 24 heavy (non-hydrogen) atoms. The number of aryl methyl sites for hydroxylation is 1. The van der Waals surface area contributed by atoms with Crippen molar-refractivity contribution in [3.8, 4) is 0 Å². The third-order valence-electron chi connectivity index (χ3n) is 2.89. The first kappa shape index (κ1) is 22.2. The molecule has 1 atom stereocenters. The van der Waals surface area contributed by atoms with Gasteiger partial charge in [-0.1, -0.05) is 23.7 Å². The van der Waals surface area contributed by atoms with E-state index in [0.717, 1.165) is 11.3 Å². The van der Waals surface area contributed by atoms with Gasteiger partial charge in [-0.3, -0.25) is 4.79 Å². The Bertz CT molecular complexity index is 518. The number of rotatable bonds is 7. The molecule has 0 aliphatic heterocycles. The summed E-state index contributed by atoms with van der Waals surface area (Å²) < 4.78 is 5.18. The van der Waals surface area contributed by atoms with E-state index in [4.69, 9.17) is 21.4 Å². The summed E-state index contributed by atoms with van der Waals surface area (Å²) in [6.07, 6.45) is 0. The van der Waals surface area contributed by atoms with Gasteiger partial charge in [-0.2, -0.15) is 0 Å². The second-order valence-corrected chi connectivity index (χ2v) is 5.77. The van der Waals surface area contributed by atoms with Gasteiger partial charge >= 0.3 is 11.9 Å². The lowest BCUT2D eigenvalue weighted by Crippen LogP contribution is -2.30. The number of anilines is 1. The largest absolute Gasteiger partial charge is 0.480 e. The maximum Gasteiger partial charge on any atom is 0.328 e. The second kappa shape index (κ2) is 11.7. The summed E-state index contributed by atoms with van der Waals surface area (Å²) in [7, 11) is 3.87. The van der Waals surface area contributed by atoms with Crippen LogP contribution in [0.3, 0.4) is 0 Å². The Hall–Kier alpha value is -1.83. The number of nitrogens with one attached hydrogen (secondary N) is 1. The van der Waals surface area contributed by atoms with Crippen LogP contribution in [0.25, 0.3) is 0 Å². The van der Waals surface area contributed by atoms with Crippen molar-refractivity contribution in [1.82, 2.24) is 4.90 Å². The van der Waals surface area contributed by atoms with Crippen LogP contribution in [0, 0.1) is 6.92 Å². The molecule has 1 aromatic carbocycles. The Balaban J connectivity index is 0.000000922. The molecule has 0 amide bonds. The monoisotopic (exact) mass is 359 g/mol. The smallest absolute Gasteiger partial charge is 0.328 e. The lowest BCUT2D eigenvalue weighted by atomic mass is 10.2. The van der Waals surface area contributed by atoms with E-state index >= 15 is 0 Å². The van der Waals surface area contributed by atoms with Crippen LogP contribution in [0.2, 0.25) is 5.02 Å². The standard InChI is InChI=1S/C14H21ClN2O2.C2H5NO2/c1-10-6-5-7-12(15)13(10)16-11(2)14(18)19-9-8-17(3)4;3-1-2(4)5/h5-7,11,16H,8-9H2,1-4H3;1,3H2,(H,4,5)/t11-;/m0./s1. The van der Waals surface area contributed by atoms with E-state index in [-0.39, 0.29) is 12.5 Å². The molecule has 0 heterocycles. The molecule has 0 radical (unpaired) electrons. The van der Waals surface area contributed by atoms with Crippen molar-refractivity contribution in [2.24, 2.45) is 5.73 Å². The molecule has 136 valence electrons. The third kappa shape index (κ3) is 9.34. The first-order chi connectivity index (χ1) is 11.2. The number of benzene rings is 1. The molecular weight excluding hydrogens is 334 g/mol. The molecule has 0 saturated heterocycles. The van der Waals surface area contributed by atoms with Crippen molar-refractivity contribution in [3.05, 3.63) is 28.8 Å². The van der Waals surface area contributed by atoms with Crippen LogP contribution in [0.5, 0.6) is 0 Å². The minimum Gasteiger partial charge on any atom is -0.480 e. The SMILES string of the molecule is Cc1cccc(Cl)c1N[C@@H](C)C(=O)OCCN(C)C.NCC(=O)O. The molecule has 1 aromatic rings. The predicted octanol–water partition coefficient (Wildman–Crippen LogP) is 1.58. The number of carboxylic acid groups (broad SMARTS) is 1. The van der Waals surface area contributed by atoms with Crippen molar-refractivity contribution in [1.29, 1.82) is 0 Å². The van der Waals surface area contributed by atoms with E-state index in [1.54, 1.807) is 13.0 Å². The second-order valence-electron chi connectivity index (χ2n) is 5.37. The van der Waals surface area contributed by atoms with Gasteiger partial charge in [-0.25, -0.2) is 4.79 Å². The van der Waals surface area contributed by atoms with Crippen molar-refractivity contribution < 1.29 is 19.4 Å². The zero-order valence-electron chi connectivity index (χ0n) is 14.5. The van der Waals surface area contributed by atoms with E-state index in [1.807, 2.05) is 38.1 Å². The van der Waals surface area contributed by atoms with Crippen LogP contribution in [-0.2, 0) is 14.3 Å². The molecule has 8 heteroatoms. The maximum absolute atomic E-state index is 11.8. The summed E-state index contributed by atoms with van der Waals surface area (Å²) in [5, 5.41) is 11.3. The summed E-state index contributed by atoms with van der Waals surface area (Å²) in [5.74, 6) is -1.24. The van der Waals surface area contributed by atoms with Crippen LogP contribution in [-0.4, -0.2) is 61.8 Å². The molecule has 0 aliphatic rings. The fourth-order valence-corrected chi connectivity index (χ4v) is 1.82. The number of likely N-dealkylation sites (N-methyl/N-ethyl adjacent to an activating group) is 1. The highest BCUT2D eigenvalue weighted by molar-refractivity contribution is 6.33. The zero-order chi connectivity index (χ0) is 18.7. The van der Waals surface area contributed by atoms with Crippen molar-refractivity contribution in [2.45, 2.75) is 19.9 Å². The number of carbonyl (C=O) groups excluding carboxylic acids is 1. The summed E-state index contributed by atoms with van der Waals surface area (Å²) in [6.45, 7) is 4.53. The summed E-state index contributed by atoms with van der Waals surface area (Å²) >= 11 is 6.10. The molecule has 1 rings (SSSR count). The van der Waals surface area contributed by atoms with Crippen LogP contribution < -0.4 is 11.1 Å². The Morgan fingerprint density at radius 3 is 2.46 bits per heavy atom. The number of hydrogen-bond donors (Lipinski definition) is 3. The van der Waals surface area contributed by atoms with Gasteiger partial charge in [0.25, 0.3) is 0 Å². The van der Waals surface area contributed by atoms with E-state index in [9.17, 15) is 9.59 Å². The number of carbonyl (C=O) groups is 2. The highest BCUT2D eigenvalue weighted by atomic mass is 35.5. The minimum atomic E-state index is -0.968. The van der Waals surface area contributed by atoms with E-state index in [2.05, 4.69) is 11.1 Å². The van der Waals surface area contributed by atoms with Gasteiger partial charge < -0.3 is 25.8 Å². The molecule has 0 aromatic heterocycles. The summed E-state index contributed by atoms with van der Waals surface area (Å²) in [6, 6.07) is 5.18. The van der Waals surface area contributed by atoms with Gasteiger partial charge in [0.15, 0.2) is 0 Å². The molecule has 4 N–H and O–H groups in total. The van der Waals surface area contributed by atoms with Gasteiger partial charge in [0.05, 0.1) is 17.3 Å². The number of para-hydroxylation sites is 1. The van der Waals surface area contributed by atoms with Crippen molar-refractivity contribution in [2.75, 3.05) is 39.1 Å². The number of hydrogen-bond acceptors (Lipinski definition) is 6. The highest BCUT2D eigenvalue weighted by Crippen LogP contribution is 2.25. The number of carboxylic acids is 1. The normalized spacial score (nSPS) is 11.3. The maximum atomic E-state index is 11.8. The molecule has 0 bridgehead atoms. The minimum absolute atomic E-state index is 0.277. The van der Waals surface area contributed by atoms with Crippen molar-refractivity contribution >= 4 is 29.2 Å². The van der Waals surface area contributed by atoms with Gasteiger partial charge in [0, 0.05) is 6.54 Å². The predicted molar refractivity (Wildman–Crippen MR) is 95.5 cm³/mol. The van der Waals surface area contributed by atoms with E-state index in [1.165, 1.54) is 0 Å². The molecule has 0 fully saturated rings. The first-order valence-corrected chi connectivity index (χ1v) is 7.81. The average Bonchev–Trinajstić information content (AvgIpc) is 2.50. The number of aliphatic carboxylic acids is 1. The Morgan fingerprint density at radius 1 is 1.42 bits per heavy atom. The zero-order valence-corrected chi connectivity index (χ0v) is 15.3. The Morgan fingerprint density at radius 2 is 2.00 bits per heavy atom. The van der Waals surface area contributed by atoms with Gasteiger partial charge in [-0.05, 0) is 39.6 Å². The molecule has 7 nitrogen and oxygen atoms in total. The topological polar surface area (TPSA) is 105 Å². The number of nitrogens with two attached hydrogens (primary N) is 1.